The van der Waals surface area contributed by atoms with E-state index in [-0.39, 0.29) is 11.9 Å². The molecule has 8 heteroatoms. The number of furan rings is 1. The molecule has 0 saturated carbocycles. The van der Waals surface area contributed by atoms with Gasteiger partial charge in [-0.15, -0.1) is 0 Å². The number of hydrogen-bond donors (Lipinski definition) is 1. The van der Waals surface area contributed by atoms with Crippen molar-refractivity contribution in [2.45, 2.75) is 6.04 Å². The first-order valence-electron chi connectivity index (χ1n) is 10.1. The van der Waals surface area contributed by atoms with Gasteiger partial charge in [-0.05, 0) is 30.3 Å². The number of carbonyl (C=O) groups excluding carboxylic acids is 1. The first-order chi connectivity index (χ1) is 15.3. The number of hydrogen-bond acceptors (Lipinski definition) is 7. The number of benzene rings is 1. The smallest absolute Gasteiger partial charge is 0.251 e. The lowest BCUT2D eigenvalue weighted by Crippen LogP contribution is -2.45. The van der Waals surface area contributed by atoms with Gasteiger partial charge in [0.2, 0.25) is 5.95 Å². The molecule has 0 bridgehead atoms. The third-order valence-electron chi connectivity index (χ3n) is 5.24. The fourth-order valence-electron chi connectivity index (χ4n) is 3.71. The van der Waals surface area contributed by atoms with Gasteiger partial charge < -0.3 is 19.4 Å². The number of carbonyl (C=O) groups is 1. The summed E-state index contributed by atoms with van der Waals surface area (Å²) in [6.07, 6.45) is 6.79. The van der Waals surface area contributed by atoms with E-state index in [0.717, 1.165) is 22.2 Å². The predicted molar refractivity (Wildman–Crippen MR) is 116 cm³/mol. The summed E-state index contributed by atoms with van der Waals surface area (Å²) in [7, 11) is 0. The molecule has 1 saturated heterocycles. The Bertz CT molecular complexity index is 1180. The third kappa shape index (κ3) is 4.10. The summed E-state index contributed by atoms with van der Waals surface area (Å²) >= 11 is 0. The Morgan fingerprint density at radius 2 is 1.87 bits per heavy atom. The molecule has 0 spiro atoms. The molecule has 1 unspecified atom stereocenters. The van der Waals surface area contributed by atoms with Gasteiger partial charge in [0.15, 0.2) is 0 Å². The fraction of sp³-hybridized carbons (Fsp3) is 0.217. The van der Waals surface area contributed by atoms with E-state index in [9.17, 15) is 4.79 Å². The van der Waals surface area contributed by atoms with Gasteiger partial charge in [0.05, 0.1) is 31.2 Å². The lowest BCUT2D eigenvalue weighted by Gasteiger charge is -2.24. The van der Waals surface area contributed by atoms with Gasteiger partial charge in [0.1, 0.15) is 5.58 Å². The maximum atomic E-state index is 12.8. The zero-order valence-corrected chi connectivity index (χ0v) is 16.8. The molecule has 4 heterocycles. The predicted octanol–water partition coefficient (Wildman–Crippen LogP) is 2.92. The molecule has 0 radical (unpaired) electrons. The van der Waals surface area contributed by atoms with Crippen LogP contribution in [0.3, 0.4) is 0 Å². The highest BCUT2D eigenvalue weighted by molar-refractivity contribution is 5.96. The monoisotopic (exact) mass is 415 g/mol. The molecule has 1 amide bonds. The highest BCUT2D eigenvalue weighted by Crippen LogP contribution is 2.27. The van der Waals surface area contributed by atoms with Crippen molar-refractivity contribution in [1.29, 1.82) is 0 Å². The molecule has 1 aromatic carbocycles. The highest BCUT2D eigenvalue weighted by Gasteiger charge is 2.22. The van der Waals surface area contributed by atoms with Gasteiger partial charge >= 0.3 is 0 Å². The third-order valence-corrected chi connectivity index (χ3v) is 5.24. The van der Waals surface area contributed by atoms with Crippen LogP contribution in [0.2, 0.25) is 0 Å². The van der Waals surface area contributed by atoms with Crippen molar-refractivity contribution < 1.29 is 13.9 Å². The van der Waals surface area contributed by atoms with Crippen LogP contribution in [0, 0.1) is 0 Å². The summed E-state index contributed by atoms with van der Waals surface area (Å²) in [5.41, 5.74) is 3.12. The number of nitrogens with one attached hydrogen (secondary N) is 1. The van der Waals surface area contributed by atoms with Crippen LogP contribution >= 0.6 is 0 Å². The van der Waals surface area contributed by atoms with Crippen molar-refractivity contribution in [2.75, 3.05) is 31.2 Å². The molecule has 3 aromatic heterocycles. The Balaban J connectivity index is 1.29. The second kappa shape index (κ2) is 8.53. The van der Waals surface area contributed by atoms with Crippen molar-refractivity contribution >= 4 is 22.8 Å². The van der Waals surface area contributed by atoms with E-state index in [1.54, 1.807) is 43.1 Å². The molecule has 1 atom stereocenters. The highest BCUT2D eigenvalue weighted by atomic mass is 16.5. The standard InChI is InChI=1S/C23H21N5O3/c29-22(27-18-14-28(11-13-30-15-18)23-25-8-1-9-26-23)17-4-2-16(3-5-17)21-19-7-12-31-20(19)6-10-24-21/h1-10,12,18H,11,13-15H2,(H,27,29). The van der Waals surface area contributed by atoms with E-state index in [4.69, 9.17) is 9.15 Å². The van der Waals surface area contributed by atoms with E-state index in [2.05, 4.69) is 20.3 Å². The molecule has 1 aliphatic rings. The SMILES string of the molecule is O=C(NC1COCCN(c2ncccn2)C1)c1ccc(-c2nccc3occc23)cc1. The van der Waals surface area contributed by atoms with E-state index in [1.165, 1.54) is 0 Å². The topological polar surface area (TPSA) is 93.4 Å². The van der Waals surface area contributed by atoms with Gasteiger partial charge in [-0.1, -0.05) is 12.1 Å². The number of aromatic nitrogens is 3. The minimum absolute atomic E-state index is 0.148. The maximum absolute atomic E-state index is 12.8. The Labute approximate surface area is 178 Å². The van der Waals surface area contributed by atoms with Gasteiger partial charge in [-0.25, -0.2) is 9.97 Å². The van der Waals surface area contributed by atoms with E-state index in [0.29, 0.717) is 37.8 Å². The number of ether oxygens (including phenoxy) is 1. The van der Waals surface area contributed by atoms with E-state index >= 15 is 0 Å². The first-order valence-corrected chi connectivity index (χ1v) is 10.1. The summed E-state index contributed by atoms with van der Waals surface area (Å²) in [6, 6.07) is 12.8. The van der Waals surface area contributed by atoms with Crippen LogP contribution in [-0.2, 0) is 4.74 Å². The largest absolute Gasteiger partial charge is 0.464 e. The molecular weight excluding hydrogens is 394 g/mol. The lowest BCUT2D eigenvalue weighted by atomic mass is 10.1. The number of fused-ring (bicyclic) bond motifs is 1. The van der Waals surface area contributed by atoms with Gasteiger partial charge in [0.25, 0.3) is 5.91 Å². The first kappa shape index (κ1) is 19.2. The van der Waals surface area contributed by atoms with Crippen LogP contribution in [0.25, 0.3) is 22.2 Å². The van der Waals surface area contributed by atoms with Crippen LogP contribution in [-0.4, -0.2) is 53.2 Å². The van der Waals surface area contributed by atoms with Gasteiger partial charge in [-0.3, -0.25) is 9.78 Å². The summed E-state index contributed by atoms with van der Waals surface area (Å²) in [5.74, 6) is 0.489. The summed E-state index contributed by atoms with van der Waals surface area (Å²) < 4.78 is 11.1. The molecule has 8 nitrogen and oxygen atoms in total. The van der Waals surface area contributed by atoms with Crippen LogP contribution in [0.4, 0.5) is 5.95 Å². The Morgan fingerprint density at radius 3 is 2.71 bits per heavy atom. The number of rotatable bonds is 4. The average molecular weight is 415 g/mol. The molecule has 0 aliphatic carbocycles. The van der Waals surface area contributed by atoms with E-state index < -0.39 is 0 Å². The van der Waals surface area contributed by atoms with Crippen molar-refractivity contribution in [1.82, 2.24) is 20.3 Å². The molecule has 4 aromatic rings. The number of nitrogens with zero attached hydrogens (tertiary/aromatic N) is 4. The van der Waals surface area contributed by atoms with Crippen molar-refractivity contribution in [3.8, 4) is 11.3 Å². The number of pyridine rings is 1. The van der Waals surface area contributed by atoms with Gasteiger partial charge in [-0.2, -0.15) is 0 Å². The molecule has 1 aliphatic heterocycles. The van der Waals surface area contributed by atoms with Crippen molar-refractivity contribution in [3.05, 3.63) is 72.9 Å². The summed E-state index contributed by atoms with van der Waals surface area (Å²) in [6.45, 7) is 2.27. The second-order valence-corrected chi connectivity index (χ2v) is 7.31. The maximum Gasteiger partial charge on any atom is 0.251 e. The molecule has 1 fully saturated rings. The van der Waals surface area contributed by atoms with E-state index in [1.807, 2.05) is 29.2 Å². The summed E-state index contributed by atoms with van der Waals surface area (Å²) in [4.78, 5) is 27.9. The van der Waals surface area contributed by atoms with Crippen LogP contribution in [0.1, 0.15) is 10.4 Å². The lowest BCUT2D eigenvalue weighted by molar-refractivity contribution is 0.0884. The number of amides is 1. The molecular formula is C23H21N5O3. The quantitative estimate of drug-likeness (QED) is 0.548. The fourth-order valence-corrected chi connectivity index (χ4v) is 3.71. The molecule has 31 heavy (non-hydrogen) atoms. The minimum Gasteiger partial charge on any atom is -0.464 e. The summed E-state index contributed by atoms with van der Waals surface area (Å²) in [5, 5.41) is 4.01. The van der Waals surface area contributed by atoms with Crippen LogP contribution < -0.4 is 10.2 Å². The zero-order valence-electron chi connectivity index (χ0n) is 16.8. The van der Waals surface area contributed by atoms with Crippen molar-refractivity contribution in [3.63, 3.8) is 0 Å². The molecule has 156 valence electrons. The number of anilines is 1. The molecule has 1 N–H and O–H groups in total. The average Bonchev–Trinajstić information content (AvgIpc) is 3.19. The van der Waals surface area contributed by atoms with Gasteiger partial charge in [0, 0.05) is 48.2 Å². The Kier molecular flexibility index (Phi) is 5.28. The van der Waals surface area contributed by atoms with Crippen molar-refractivity contribution in [2.24, 2.45) is 0 Å². The van der Waals surface area contributed by atoms with Crippen LogP contribution in [0.5, 0.6) is 0 Å². The normalized spacial score (nSPS) is 16.8. The molecule has 5 rings (SSSR count). The Hall–Kier alpha value is -3.78. The zero-order chi connectivity index (χ0) is 21.0. The minimum atomic E-state index is -0.167. The second-order valence-electron chi connectivity index (χ2n) is 7.31. The van der Waals surface area contributed by atoms with Crippen LogP contribution in [0.15, 0.2) is 71.7 Å². The Morgan fingerprint density at radius 1 is 1.03 bits per heavy atom.